The molecule has 0 saturated carbocycles. The maximum absolute atomic E-state index is 12.6. The lowest BCUT2D eigenvalue weighted by Crippen LogP contribution is -2.31. The van der Waals surface area contributed by atoms with E-state index in [2.05, 4.69) is 0 Å². The molecule has 0 amide bonds. The molecular weight excluding hydrogens is 324 g/mol. The van der Waals surface area contributed by atoms with Crippen molar-refractivity contribution in [3.8, 4) is 0 Å². The summed E-state index contributed by atoms with van der Waals surface area (Å²) in [5.41, 5.74) is 2.06. The number of hydrogen-bond acceptors (Lipinski definition) is 3. The van der Waals surface area contributed by atoms with Gasteiger partial charge in [-0.05, 0) is 38.0 Å². The summed E-state index contributed by atoms with van der Waals surface area (Å²) in [5.74, 6) is 0.0934. The quantitative estimate of drug-likeness (QED) is 0.704. The topological polar surface area (TPSA) is 35.5 Å². The minimum Gasteiger partial charge on any atom is -0.487 e. The molecule has 3 nitrogen and oxygen atoms in total. The first-order chi connectivity index (χ1) is 12.5. The van der Waals surface area contributed by atoms with Gasteiger partial charge in [0.2, 0.25) is 0 Å². The zero-order valence-electron chi connectivity index (χ0n) is 15.4. The molecule has 2 aromatic rings. The monoisotopic (exact) mass is 348 g/mol. The number of ether oxygens (including phenoxy) is 2. The van der Waals surface area contributed by atoms with Crippen LogP contribution in [0.1, 0.15) is 37.8 Å². The summed E-state index contributed by atoms with van der Waals surface area (Å²) in [6, 6.07) is 20.1. The summed E-state index contributed by atoms with van der Waals surface area (Å²) in [5, 5.41) is 0. The minimum atomic E-state index is -0.663. The zero-order chi connectivity index (χ0) is 18.6. The summed E-state index contributed by atoms with van der Waals surface area (Å²) in [6.45, 7) is 6.01. The van der Waals surface area contributed by atoms with Crippen LogP contribution in [0.15, 0.2) is 78.1 Å². The Bertz CT molecular complexity index is 821. The molecule has 0 bridgehead atoms. The van der Waals surface area contributed by atoms with Crippen LogP contribution in [0.3, 0.4) is 0 Å². The van der Waals surface area contributed by atoms with Crippen molar-refractivity contribution in [1.29, 1.82) is 0 Å². The van der Waals surface area contributed by atoms with Gasteiger partial charge in [-0.2, -0.15) is 0 Å². The summed E-state index contributed by atoms with van der Waals surface area (Å²) in [7, 11) is 0. The van der Waals surface area contributed by atoms with Crippen LogP contribution in [-0.4, -0.2) is 18.2 Å². The Morgan fingerprint density at radius 3 is 2.35 bits per heavy atom. The lowest BCUT2D eigenvalue weighted by Gasteiger charge is -2.29. The summed E-state index contributed by atoms with van der Waals surface area (Å²) in [6.07, 6.45) is 4.08. The van der Waals surface area contributed by atoms with E-state index in [0.29, 0.717) is 17.9 Å². The van der Waals surface area contributed by atoms with Crippen molar-refractivity contribution >= 4 is 12.0 Å². The predicted molar refractivity (Wildman–Crippen MR) is 103 cm³/mol. The molecule has 3 rings (SSSR count). The van der Waals surface area contributed by atoms with Crippen molar-refractivity contribution in [2.24, 2.45) is 0 Å². The molecule has 0 radical (unpaired) electrons. The van der Waals surface area contributed by atoms with E-state index in [1.807, 2.05) is 93.6 Å². The molecule has 0 N–H and O–H groups in total. The minimum absolute atomic E-state index is 0.220. The highest BCUT2D eigenvalue weighted by atomic mass is 16.5. The van der Waals surface area contributed by atoms with Gasteiger partial charge in [0.05, 0.1) is 18.1 Å². The Morgan fingerprint density at radius 2 is 1.73 bits per heavy atom. The molecule has 1 aliphatic heterocycles. The lowest BCUT2D eigenvalue weighted by atomic mass is 9.79. The molecule has 0 unspecified atom stereocenters. The van der Waals surface area contributed by atoms with E-state index in [-0.39, 0.29) is 11.9 Å². The average Bonchev–Trinajstić information content (AvgIpc) is 2.93. The fourth-order valence-corrected chi connectivity index (χ4v) is 3.50. The predicted octanol–water partition coefficient (Wildman–Crippen LogP) is 5.11. The molecule has 26 heavy (non-hydrogen) atoms. The summed E-state index contributed by atoms with van der Waals surface area (Å²) in [4.78, 5) is 12.6. The maximum Gasteiger partial charge on any atom is 0.338 e. The maximum atomic E-state index is 12.6. The van der Waals surface area contributed by atoms with E-state index in [1.165, 1.54) is 0 Å². The summed E-state index contributed by atoms with van der Waals surface area (Å²) < 4.78 is 11.5. The van der Waals surface area contributed by atoms with Crippen LogP contribution in [0.5, 0.6) is 0 Å². The first-order valence-electron chi connectivity index (χ1n) is 8.91. The Morgan fingerprint density at radius 1 is 1.12 bits per heavy atom. The molecule has 0 saturated heterocycles. The molecule has 134 valence electrons. The number of rotatable bonds is 5. The number of carbonyl (C=O) groups excluding carboxylic acids is 1. The van der Waals surface area contributed by atoms with Crippen molar-refractivity contribution < 1.29 is 14.3 Å². The Hall–Kier alpha value is -2.81. The Kier molecular flexibility index (Phi) is 5.27. The molecule has 0 spiro atoms. The fraction of sp³-hybridized carbons (Fsp3) is 0.261. The molecule has 0 aliphatic carbocycles. The molecule has 1 aliphatic rings. The second-order valence-corrected chi connectivity index (χ2v) is 6.56. The van der Waals surface area contributed by atoms with E-state index >= 15 is 0 Å². The van der Waals surface area contributed by atoms with Crippen LogP contribution < -0.4 is 0 Å². The van der Waals surface area contributed by atoms with Gasteiger partial charge in [-0.25, -0.2) is 4.79 Å². The number of allylic oxidation sites excluding steroid dienone is 1. The van der Waals surface area contributed by atoms with Crippen LogP contribution >= 0.6 is 0 Å². The number of carbonyl (C=O) groups is 1. The third-order valence-electron chi connectivity index (χ3n) is 4.65. The third kappa shape index (κ3) is 3.57. The number of benzene rings is 2. The van der Waals surface area contributed by atoms with Crippen LogP contribution in [0, 0.1) is 0 Å². The number of hydrogen-bond donors (Lipinski definition) is 0. The summed E-state index contributed by atoms with van der Waals surface area (Å²) >= 11 is 0. The van der Waals surface area contributed by atoms with Gasteiger partial charge in [-0.15, -0.1) is 0 Å². The first-order valence-corrected chi connectivity index (χ1v) is 8.91. The smallest absolute Gasteiger partial charge is 0.338 e. The highest BCUT2D eigenvalue weighted by Gasteiger charge is 2.47. The third-order valence-corrected chi connectivity index (χ3v) is 4.65. The van der Waals surface area contributed by atoms with Gasteiger partial charge >= 0.3 is 5.97 Å². The Labute approximate surface area is 155 Å². The van der Waals surface area contributed by atoms with Crippen LogP contribution in [-0.2, 0) is 14.3 Å². The van der Waals surface area contributed by atoms with Gasteiger partial charge < -0.3 is 9.47 Å². The second kappa shape index (κ2) is 7.61. The zero-order valence-corrected chi connectivity index (χ0v) is 15.4. The fourth-order valence-electron chi connectivity index (χ4n) is 3.50. The van der Waals surface area contributed by atoms with Crippen LogP contribution in [0.4, 0.5) is 0 Å². The molecule has 3 heteroatoms. The normalized spacial score (nSPS) is 22.5. The van der Waals surface area contributed by atoms with Crippen molar-refractivity contribution in [2.75, 3.05) is 6.61 Å². The molecule has 1 heterocycles. The van der Waals surface area contributed by atoms with Gasteiger partial charge in [-0.1, -0.05) is 66.7 Å². The highest BCUT2D eigenvalue weighted by Crippen LogP contribution is 2.47. The largest absolute Gasteiger partial charge is 0.487 e. The van der Waals surface area contributed by atoms with E-state index < -0.39 is 5.60 Å². The van der Waals surface area contributed by atoms with Crippen LogP contribution in [0.25, 0.3) is 6.08 Å². The van der Waals surface area contributed by atoms with Crippen molar-refractivity contribution in [2.45, 2.75) is 32.3 Å². The van der Waals surface area contributed by atoms with Gasteiger partial charge in [-0.3, -0.25) is 0 Å². The van der Waals surface area contributed by atoms with Crippen LogP contribution in [0.2, 0.25) is 0 Å². The SMILES string of the molecule is CCOC(=O)C1=C(C)O[C@@](C)(/C=C/c2ccccc2)[C@@H]1c1ccccc1. The highest BCUT2D eigenvalue weighted by molar-refractivity contribution is 5.92. The average molecular weight is 348 g/mol. The lowest BCUT2D eigenvalue weighted by molar-refractivity contribution is -0.138. The molecular formula is C23H24O3. The van der Waals surface area contributed by atoms with Crippen molar-refractivity contribution in [1.82, 2.24) is 0 Å². The van der Waals surface area contributed by atoms with E-state index in [4.69, 9.17) is 9.47 Å². The standard InChI is InChI=1S/C23H24O3/c1-4-25-22(24)20-17(2)26-23(3,16-15-18-11-7-5-8-12-18)21(20)19-13-9-6-10-14-19/h5-16,21H,4H2,1-3H3/b16-15+/t21-,23+/m1/s1. The second-order valence-electron chi connectivity index (χ2n) is 6.56. The van der Waals surface area contributed by atoms with Gasteiger partial charge in [0.15, 0.2) is 0 Å². The molecule has 2 aromatic carbocycles. The van der Waals surface area contributed by atoms with E-state index in [9.17, 15) is 4.79 Å². The molecule has 0 aromatic heterocycles. The Balaban J connectivity index is 2.02. The van der Waals surface area contributed by atoms with Crippen molar-refractivity contribution in [3.63, 3.8) is 0 Å². The molecule has 2 atom stereocenters. The van der Waals surface area contributed by atoms with E-state index in [1.54, 1.807) is 0 Å². The number of esters is 1. The van der Waals surface area contributed by atoms with Gasteiger partial charge in [0.25, 0.3) is 0 Å². The van der Waals surface area contributed by atoms with E-state index in [0.717, 1.165) is 11.1 Å². The first kappa shape index (κ1) is 18.0. The van der Waals surface area contributed by atoms with Gasteiger partial charge in [0, 0.05) is 0 Å². The van der Waals surface area contributed by atoms with Crippen molar-refractivity contribution in [3.05, 3.63) is 89.2 Å². The van der Waals surface area contributed by atoms with Gasteiger partial charge in [0.1, 0.15) is 11.4 Å². The molecule has 0 fully saturated rings.